The highest BCUT2D eigenvalue weighted by Gasteiger charge is 2.15. The van der Waals surface area contributed by atoms with Crippen molar-refractivity contribution in [2.75, 3.05) is 38.1 Å². The predicted octanol–water partition coefficient (Wildman–Crippen LogP) is 1.69. The van der Waals surface area contributed by atoms with E-state index in [9.17, 15) is 0 Å². The van der Waals surface area contributed by atoms with Gasteiger partial charge in [0.2, 0.25) is 0 Å². The SMILES string of the molecule is CN1CCCN(c2ccc(/C(N)=N/O)cc2Br)CC1. The standard InChI is InChI=1S/C13H19BrN4O/c1-17-5-2-6-18(8-7-17)12-4-3-10(9-11(12)14)13(15)16-19/h3-4,9,19H,2,5-8H2,1H3,(H2,15,16). The molecule has 1 aliphatic heterocycles. The van der Waals surface area contributed by atoms with Crippen LogP contribution in [0.4, 0.5) is 5.69 Å². The van der Waals surface area contributed by atoms with Gasteiger partial charge in [-0.25, -0.2) is 0 Å². The summed E-state index contributed by atoms with van der Waals surface area (Å²) in [5, 5.41) is 11.7. The highest BCUT2D eigenvalue weighted by Crippen LogP contribution is 2.28. The fourth-order valence-corrected chi connectivity index (χ4v) is 2.90. The van der Waals surface area contributed by atoms with Crippen LogP contribution in [0, 0.1) is 0 Å². The van der Waals surface area contributed by atoms with E-state index in [1.165, 1.54) is 0 Å². The molecule has 19 heavy (non-hydrogen) atoms. The zero-order chi connectivity index (χ0) is 13.8. The molecular weight excluding hydrogens is 308 g/mol. The Morgan fingerprint density at radius 2 is 2.11 bits per heavy atom. The first kappa shape index (κ1) is 14.1. The molecule has 0 bridgehead atoms. The average Bonchev–Trinajstić information content (AvgIpc) is 2.62. The van der Waals surface area contributed by atoms with Crippen molar-refractivity contribution in [1.82, 2.24) is 4.90 Å². The number of amidine groups is 1. The minimum absolute atomic E-state index is 0.128. The van der Waals surface area contributed by atoms with E-state index < -0.39 is 0 Å². The van der Waals surface area contributed by atoms with E-state index >= 15 is 0 Å². The normalized spacial score (nSPS) is 18.4. The van der Waals surface area contributed by atoms with Gasteiger partial charge < -0.3 is 20.7 Å². The number of anilines is 1. The van der Waals surface area contributed by atoms with Gasteiger partial charge in [0.1, 0.15) is 0 Å². The summed E-state index contributed by atoms with van der Waals surface area (Å²) in [5.74, 6) is 0.128. The summed E-state index contributed by atoms with van der Waals surface area (Å²) in [6, 6.07) is 5.78. The number of likely N-dealkylation sites (N-methyl/N-ethyl adjacent to an activating group) is 1. The first-order chi connectivity index (χ1) is 9.11. The Bertz CT molecular complexity index is 478. The minimum Gasteiger partial charge on any atom is -0.409 e. The largest absolute Gasteiger partial charge is 0.409 e. The summed E-state index contributed by atoms with van der Waals surface area (Å²) in [6.07, 6.45) is 1.16. The zero-order valence-electron chi connectivity index (χ0n) is 11.0. The number of hydrogen-bond acceptors (Lipinski definition) is 4. The van der Waals surface area contributed by atoms with Crippen LogP contribution in [0.3, 0.4) is 0 Å². The molecule has 1 aliphatic rings. The summed E-state index contributed by atoms with van der Waals surface area (Å²) in [7, 11) is 2.15. The van der Waals surface area contributed by atoms with Gasteiger partial charge in [-0.05, 0) is 54.1 Å². The topological polar surface area (TPSA) is 65.1 Å². The van der Waals surface area contributed by atoms with Gasteiger partial charge in [0.15, 0.2) is 5.84 Å². The Morgan fingerprint density at radius 3 is 2.79 bits per heavy atom. The molecule has 0 atom stereocenters. The molecule has 0 aliphatic carbocycles. The lowest BCUT2D eigenvalue weighted by Gasteiger charge is -2.24. The third-order valence-corrected chi connectivity index (χ3v) is 4.05. The third kappa shape index (κ3) is 3.39. The quantitative estimate of drug-likeness (QED) is 0.375. The van der Waals surface area contributed by atoms with Crippen molar-refractivity contribution in [2.24, 2.45) is 10.9 Å². The van der Waals surface area contributed by atoms with Crippen molar-refractivity contribution in [2.45, 2.75) is 6.42 Å². The lowest BCUT2D eigenvalue weighted by atomic mass is 10.1. The number of nitrogens with two attached hydrogens (primary N) is 1. The molecule has 2 rings (SSSR count). The molecule has 1 aromatic rings. The minimum atomic E-state index is 0.128. The van der Waals surface area contributed by atoms with E-state index in [-0.39, 0.29) is 5.84 Å². The molecule has 1 aromatic carbocycles. The van der Waals surface area contributed by atoms with Gasteiger partial charge in [-0.15, -0.1) is 0 Å². The molecule has 0 aromatic heterocycles. The summed E-state index contributed by atoms with van der Waals surface area (Å²) < 4.78 is 0.973. The Balaban J connectivity index is 2.21. The molecule has 1 saturated heterocycles. The maximum atomic E-state index is 8.70. The van der Waals surface area contributed by atoms with Crippen LogP contribution in [0.15, 0.2) is 27.8 Å². The van der Waals surface area contributed by atoms with E-state index in [1.54, 1.807) is 0 Å². The molecule has 0 saturated carbocycles. The van der Waals surface area contributed by atoms with Crippen molar-refractivity contribution >= 4 is 27.5 Å². The fourth-order valence-electron chi connectivity index (χ4n) is 2.27. The van der Waals surface area contributed by atoms with Crippen molar-refractivity contribution < 1.29 is 5.21 Å². The average molecular weight is 327 g/mol. The Hall–Kier alpha value is -1.27. The van der Waals surface area contributed by atoms with E-state index in [1.807, 2.05) is 18.2 Å². The van der Waals surface area contributed by atoms with Gasteiger partial charge in [0, 0.05) is 29.7 Å². The smallest absolute Gasteiger partial charge is 0.170 e. The summed E-state index contributed by atoms with van der Waals surface area (Å²) >= 11 is 3.57. The summed E-state index contributed by atoms with van der Waals surface area (Å²) in [5.41, 5.74) is 7.46. The molecule has 0 spiro atoms. The van der Waals surface area contributed by atoms with Gasteiger partial charge >= 0.3 is 0 Å². The van der Waals surface area contributed by atoms with Crippen LogP contribution >= 0.6 is 15.9 Å². The lowest BCUT2D eigenvalue weighted by molar-refractivity contribution is 0.318. The number of oxime groups is 1. The fraction of sp³-hybridized carbons (Fsp3) is 0.462. The van der Waals surface area contributed by atoms with Gasteiger partial charge in [-0.1, -0.05) is 5.16 Å². The molecule has 0 amide bonds. The predicted molar refractivity (Wildman–Crippen MR) is 81.0 cm³/mol. The number of benzene rings is 1. The van der Waals surface area contributed by atoms with E-state index in [0.29, 0.717) is 5.56 Å². The third-order valence-electron chi connectivity index (χ3n) is 3.41. The molecule has 0 radical (unpaired) electrons. The maximum absolute atomic E-state index is 8.70. The second kappa shape index (κ2) is 6.25. The zero-order valence-corrected chi connectivity index (χ0v) is 12.6. The molecule has 3 N–H and O–H groups in total. The monoisotopic (exact) mass is 326 g/mol. The Morgan fingerprint density at radius 1 is 1.32 bits per heavy atom. The number of hydrogen-bond donors (Lipinski definition) is 2. The second-order valence-electron chi connectivity index (χ2n) is 4.80. The molecule has 1 fully saturated rings. The van der Waals surface area contributed by atoms with E-state index in [4.69, 9.17) is 10.9 Å². The Kier molecular flexibility index (Phi) is 4.66. The summed E-state index contributed by atoms with van der Waals surface area (Å²) in [4.78, 5) is 4.71. The maximum Gasteiger partial charge on any atom is 0.170 e. The molecule has 0 unspecified atom stereocenters. The number of halogens is 1. The number of rotatable bonds is 2. The lowest BCUT2D eigenvalue weighted by Crippen LogP contribution is -2.29. The van der Waals surface area contributed by atoms with Crippen molar-refractivity contribution in [3.05, 3.63) is 28.2 Å². The highest BCUT2D eigenvalue weighted by atomic mass is 79.9. The molecule has 104 valence electrons. The number of nitrogens with zero attached hydrogens (tertiary/aromatic N) is 3. The van der Waals surface area contributed by atoms with Crippen LogP contribution < -0.4 is 10.6 Å². The molecular formula is C13H19BrN4O. The van der Waals surface area contributed by atoms with E-state index in [0.717, 1.165) is 42.8 Å². The van der Waals surface area contributed by atoms with Crippen LogP contribution in [0.1, 0.15) is 12.0 Å². The molecule has 6 heteroatoms. The van der Waals surface area contributed by atoms with Crippen LogP contribution in [0.2, 0.25) is 0 Å². The van der Waals surface area contributed by atoms with Crippen molar-refractivity contribution in [3.8, 4) is 0 Å². The van der Waals surface area contributed by atoms with Gasteiger partial charge in [0.05, 0.1) is 5.69 Å². The van der Waals surface area contributed by atoms with Crippen LogP contribution in [0.5, 0.6) is 0 Å². The summed E-state index contributed by atoms with van der Waals surface area (Å²) in [6.45, 7) is 4.26. The van der Waals surface area contributed by atoms with Gasteiger partial charge in [-0.3, -0.25) is 0 Å². The molecule has 1 heterocycles. The van der Waals surface area contributed by atoms with Crippen LogP contribution in [0.25, 0.3) is 0 Å². The van der Waals surface area contributed by atoms with Crippen LogP contribution in [-0.4, -0.2) is 49.2 Å². The van der Waals surface area contributed by atoms with Gasteiger partial charge in [-0.2, -0.15) is 0 Å². The van der Waals surface area contributed by atoms with Crippen molar-refractivity contribution in [1.29, 1.82) is 0 Å². The first-order valence-corrected chi connectivity index (χ1v) is 7.12. The first-order valence-electron chi connectivity index (χ1n) is 6.33. The van der Waals surface area contributed by atoms with Gasteiger partial charge in [0.25, 0.3) is 0 Å². The van der Waals surface area contributed by atoms with Crippen LogP contribution in [-0.2, 0) is 0 Å². The Labute approximate surface area is 121 Å². The van der Waals surface area contributed by atoms with Crippen molar-refractivity contribution in [3.63, 3.8) is 0 Å². The van der Waals surface area contributed by atoms with E-state index in [2.05, 4.69) is 37.9 Å². The second-order valence-corrected chi connectivity index (χ2v) is 5.65. The molecule has 5 nitrogen and oxygen atoms in total. The highest BCUT2D eigenvalue weighted by molar-refractivity contribution is 9.10.